The molecule has 8 aromatic rings. The molecule has 1 saturated carbocycles. The number of nitrogens with zero attached hydrogens (tertiary/aromatic N) is 13. The summed E-state index contributed by atoms with van der Waals surface area (Å²) >= 11 is 19.2. The number of hydrogen-bond acceptors (Lipinski definition) is 25. The third-order valence-corrected chi connectivity index (χ3v) is 26.2. The molecule has 28 nitrogen and oxygen atoms in total. The first-order chi connectivity index (χ1) is 53.5. The minimum Gasteiger partial charge on any atom is -0.495 e. The number of primary amides is 1. The number of piperidine rings is 2. The van der Waals surface area contributed by atoms with Gasteiger partial charge in [-0.05, 0) is 146 Å². The van der Waals surface area contributed by atoms with E-state index in [0.29, 0.717) is 85.9 Å². The first-order valence-corrected chi connectivity index (χ1v) is 45.6. The molecular weight excluding hydrogens is 1550 g/mol. The molecule has 4 saturated heterocycles. The van der Waals surface area contributed by atoms with E-state index >= 15 is 0 Å². The topological polar surface area (TPSA) is 323 Å². The Kier molecular flexibility index (Phi) is 29.1. The quantitative estimate of drug-likeness (QED) is 0.0261. The van der Waals surface area contributed by atoms with Gasteiger partial charge in [0.1, 0.15) is 46.6 Å². The van der Waals surface area contributed by atoms with Gasteiger partial charge in [-0.2, -0.15) is 15.0 Å². The fraction of sp³-hybridized carbons (Fsp3) is 0.449. The van der Waals surface area contributed by atoms with Crippen molar-refractivity contribution in [3.05, 3.63) is 142 Å². The van der Waals surface area contributed by atoms with Crippen LogP contribution in [-0.2, 0) is 25.0 Å². The standard InChI is InChI=1S/C30H41ClN7O2P.C28H37ClN7O4P.C20H27ClN5O3P/c1-35-16-18-38(19-17-35)22-12-14-37(15-13-22)23-10-11-25(27(20-23)40-3)33-30-32-21-24(31)29(34-30)36(2)26-8-6-7-9-28(26)41(4,5)39;1-34-13-15-36(16-14-34)21-9-11-35(12-10-21)22-7-8-24(25(17-22)40-2)32-28-31-19-23(29)27(33-28)30-18-20-5-3-4-6-26(20)41(37,38)39;1-29-17-10-12(30(2,3)28)8-9-16(17)25-20-23-11-14(21)19(26-20)24-15-7-5-4-6-13(15)18(22)27/h6-11,20-22H,12-19H2,1-5H3,(H,32,33,34);3-8,17,19,21H,9-16,18H2,1-2H3,(H2,37,38,39)(H2,30,31,32,33);8-11,13,15H,4-7H2,1-3H3,(H2,22,27)(H2,23,24,25,26). The number of nitrogens with two attached hydrogens (primary N) is 1. The maximum Gasteiger partial charge on any atom is 0.356 e. The van der Waals surface area contributed by atoms with E-state index < -0.39 is 21.9 Å². The van der Waals surface area contributed by atoms with Gasteiger partial charge in [-0.15, -0.1) is 0 Å². The molecule has 2 unspecified atom stereocenters. The normalized spacial score (nSPS) is 17.9. The third kappa shape index (κ3) is 22.3. The van der Waals surface area contributed by atoms with E-state index in [2.05, 4.69) is 113 Å². The van der Waals surface area contributed by atoms with Gasteiger partial charge in [-0.25, -0.2) is 15.0 Å². The number of halogens is 3. The summed E-state index contributed by atoms with van der Waals surface area (Å²) in [5, 5.41) is 18.5. The molecule has 0 radical (unpaired) electrons. The SMILES string of the molecule is COc1cc(N2CCC(N3CCN(C)CC3)CC2)ccc1Nc1ncc(Cl)c(N(C)c2ccccc2P(C)(C)=O)n1.COc1cc(N2CCC(N3CCN(C)CC3)CC2)ccc1Nc1ncc(Cl)c(NCc2ccccc2P(=O)(O)O)n1.COc1cc(P(C)(C)=O)ccc1Nc1ncc(Cl)c(NC2CCCCC2C(N)=O)n1. The molecule has 602 valence electrons. The van der Waals surface area contributed by atoms with Gasteiger partial charge >= 0.3 is 7.60 Å². The van der Waals surface area contributed by atoms with Gasteiger partial charge in [0.2, 0.25) is 23.8 Å². The predicted molar refractivity (Wildman–Crippen MR) is 455 cm³/mol. The van der Waals surface area contributed by atoms with Crippen LogP contribution in [0.5, 0.6) is 17.2 Å². The Hall–Kier alpha value is -8.07. The van der Waals surface area contributed by atoms with Crippen molar-refractivity contribution in [3.63, 3.8) is 0 Å². The number of aromatic nitrogens is 6. The molecular formula is C78H105Cl3N19O9P3. The molecule has 5 aliphatic rings. The number of methoxy groups -OCH3 is 3. The summed E-state index contributed by atoms with van der Waals surface area (Å²) in [6.45, 7) is 20.4. The lowest BCUT2D eigenvalue weighted by Gasteiger charge is -2.42. The average molecular weight is 1650 g/mol. The van der Waals surface area contributed by atoms with E-state index in [-0.39, 0.29) is 34.7 Å². The molecule has 0 bridgehead atoms. The van der Waals surface area contributed by atoms with Crippen LogP contribution in [0, 0.1) is 5.92 Å². The number of amides is 1. The smallest absolute Gasteiger partial charge is 0.356 e. The number of carbonyl (C=O) groups excluding carboxylic acids is 1. The molecule has 34 heteroatoms. The number of carbonyl (C=O) groups is 1. The van der Waals surface area contributed by atoms with Gasteiger partial charge in [-0.1, -0.05) is 78.0 Å². The summed E-state index contributed by atoms with van der Waals surface area (Å²) in [6, 6.07) is 32.8. The number of piperazine rings is 2. The van der Waals surface area contributed by atoms with Gasteiger partial charge in [0.15, 0.2) is 17.5 Å². The van der Waals surface area contributed by atoms with Crippen LogP contribution in [0.2, 0.25) is 15.1 Å². The average Bonchev–Trinajstić information content (AvgIpc) is 0.806. The highest BCUT2D eigenvalue weighted by atomic mass is 35.5. The monoisotopic (exact) mass is 1650 g/mol. The van der Waals surface area contributed by atoms with Crippen molar-refractivity contribution in [2.24, 2.45) is 11.7 Å². The lowest BCUT2D eigenvalue weighted by atomic mass is 9.84. The van der Waals surface area contributed by atoms with E-state index in [1.54, 1.807) is 90.6 Å². The number of benzene rings is 5. The number of hydrogen-bond donors (Lipinski definition) is 8. The summed E-state index contributed by atoms with van der Waals surface area (Å²) in [4.78, 5) is 74.6. The maximum atomic E-state index is 13.0. The van der Waals surface area contributed by atoms with Gasteiger partial charge < -0.3 is 89.9 Å². The Labute approximate surface area is 672 Å². The molecule has 2 atom stereocenters. The van der Waals surface area contributed by atoms with E-state index in [1.165, 1.54) is 44.4 Å². The van der Waals surface area contributed by atoms with Crippen LogP contribution in [0.15, 0.2) is 122 Å². The third-order valence-electron chi connectivity index (χ3n) is 21.2. The van der Waals surface area contributed by atoms with Crippen LogP contribution in [0.3, 0.4) is 0 Å². The number of nitrogens with one attached hydrogen (secondary N) is 5. The van der Waals surface area contributed by atoms with Crippen LogP contribution in [0.25, 0.3) is 0 Å². The highest BCUT2D eigenvalue weighted by Crippen LogP contribution is 2.43. The number of para-hydroxylation sites is 1. The maximum absolute atomic E-state index is 13.0. The zero-order valence-corrected chi connectivity index (χ0v) is 70.3. The molecule has 5 aromatic carbocycles. The zero-order valence-electron chi connectivity index (χ0n) is 65.3. The van der Waals surface area contributed by atoms with Crippen LogP contribution in [0.4, 0.5) is 69.4 Å². The molecule has 5 fully saturated rings. The van der Waals surface area contributed by atoms with Crippen LogP contribution in [0.1, 0.15) is 56.9 Å². The molecule has 1 aliphatic carbocycles. The zero-order chi connectivity index (χ0) is 80.0. The van der Waals surface area contributed by atoms with Crippen molar-refractivity contribution in [1.82, 2.24) is 49.5 Å². The number of likely N-dealkylation sites (N-methyl/N-ethyl adjacent to an activating group) is 2. The fourth-order valence-corrected chi connectivity index (χ4v) is 18.2. The molecule has 7 heterocycles. The first-order valence-electron chi connectivity index (χ1n) is 37.7. The number of ether oxygens (including phenoxy) is 3. The molecule has 3 aromatic heterocycles. The Morgan fingerprint density at radius 3 is 1.48 bits per heavy atom. The Morgan fingerprint density at radius 1 is 0.545 bits per heavy atom. The molecule has 0 spiro atoms. The Bertz CT molecular complexity index is 4690. The van der Waals surface area contributed by atoms with Crippen molar-refractivity contribution < 1.29 is 42.5 Å². The first kappa shape index (κ1) is 84.8. The molecule has 13 rings (SSSR count). The number of rotatable bonds is 24. The Balaban J connectivity index is 0.000000169. The largest absolute Gasteiger partial charge is 0.495 e. The van der Waals surface area contributed by atoms with Crippen LogP contribution < -0.4 is 77.1 Å². The lowest BCUT2D eigenvalue weighted by molar-refractivity contribution is -0.123. The van der Waals surface area contributed by atoms with Crippen molar-refractivity contribution in [3.8, 4) is 17.2 Å². The second-order valence-electron chi connectivity index (χ2n) is 29.6. The summed E-state index contributed by atoms with van der Waals surface area (Å²) in [7, 11) is 1.78. The van der Waals surface area contributed by atoms with Gasteiger partial charge in [-0.3, -0.25) is 19.2 Å². The highest BCUT2D eigenvalue weighted by Gasteiger charge is 2.33. The van der Waals surface area contributed by atoms with Gasteiger partial charge in [0, 0.05) is 144 Å². The predicted octanol–water partition coefficient (Wildman–Crippen LogP) is 12.2. The van der Waals surface area contributed by atoms with Crippen LogP contribution in [-0.4, -0.2) is 231 Å². The molecule has 4 aliphatic heterocycles. The van der Waals surface area contributed by atoms with Gasteiger partial charge in [0.05, 0.1) is 73.9 Å². The van der Waals surface area contributed by atoms with E-state index in [1.807, 2.05) is 54.4 Å². The number of anilines is 12. The van der Waals surface area contributed by atoms with Crippen molar-refractivity contribution in [2.45, 2.75) is 76.0 Å². The minimum atomic E-state index is -4.42. The molecule has 112 heavy (non-hydrogen) atoms. The summed E-state index contributed by atoms with van der Waals surface area (Å²) < 4.78 is 54.1. The summed E-state index contributed by atoms with van der Waals surface area (Å²) in [5.74, 6) is 3.66. The molecule has 1 amide bonds. The molecule has 9 N–H and O–H groups in total. The van der Waals surface area contributed by atoms with E-state index in [4.69, 9.17) is 59.7 Å². The minimum absolute atomic E-state index is 0.0376. The summed E-state index contributed by atoms with van der Waals surface area (Å²) in [6.07, 6.45) is 12.8. The van der Waals surface area contributed by atoms with Crippen molar-refractivity contribution in [1.29, 1.82) is 0 Å². The van der Waals surface area contributed by atoms with E-state index in [9.17, 15) is 28.3 Å². The second kappa shape index (κ2) is 38.4. The lowest BCUT2D eigenvalue weighted by Crippen LogP contribution is -2.52. The van der Waals surface area contributed by atoms with Gasteiger partial charge in [0.25, 0.3) is 0 Å². The summed E-state index contributed by atoms with van der Waals surface area (Å²) in [5.41, 5.74) is 11.2. The highest BCUT2D eigenvalue weighted by molar-refractivity contribution is 7.70. The second-order valence-corrected chi connectivity index (χ2v) is 38.8. The Morgan fingerprint density at radius 2 is 0.991 bits per heavy atom. The van der Waals surface area contributed by atoms with Crippen LogP contribution >= 0.6 is 56.7 Å². The van der Waals surface area contributed by atoms with Crippen molar-refractivity contribution in [2.75, 3.05) is 189 Å². The van der Waals surface area contributed by atoms with E-state index in [0.717, 1.165) is 143 Å². The van der Waals surface area contributed by atoms with Crippen molar-refractivity contribution >= 4 is 148 Å². The fourth-order valence-electron chi connectivity index (χ4n) is 14.8.